The molecular formula is C12H9LiN2O3. The molecule has 6 heteroatoms. The third-order valence-corrected chi connectivity index (χ3v) is 3.00. The van der Waals surface area contributed by atoms with Gasteiger partial charge in [-0.1, -0.05) is 0 Å². The zero-order valence-electron chi connectivity index (χ0n) is 9.97. The second kappa shape index (κ2) is 4.60. The number of carboxylic acid groups (broad SMARTS) is 1. The average molecular weight is 236 g/mol. The van der Waals surface area contributed by atoms with Crippen molar-refractivity contribution in [3.63, 3.8) is 0 Å². The van der Waals surface area contributed by atoms with Crippen molar-refractivity contribution in [2.24, 2.45) is 0 Å². The quantitative estimate of drug-likeness (QED) is 0.506. The number of pyridine rings is 1. The van der Waals surface area contributed by atoms with Gasteiger partial charge in [0.2, 0.25) is 0 Å². The number of aliphatic carboxylic acids is 1. The maximum Gasteiger partial charge on any atom is 1.00 e. The van der Waals surface area contributed by atoms with Crippen molar-refractivity contribution in [3.8, 4) is 0 Å². The van der Waals surface area contributed by atoms with Crippen LogP contribution < -0.4 is 24.0 Å². The molecule has 0 fully saturated rings. The molecule has 0 aromatic carbocycles. The average Bonchev–Trinajstić information content (AvgIpc) is 2.57. The summed E-state index contributed by atoms with van der Waals surface area (Å²) in [7, 11) is 0. The van der Waals surface area contributed by atoms with Crippen molar-refractivity contribution < 1.29 is 33.6 Å². The Balaban J connectivity index is 0.00000120. The van der Waals surface area contributed by atoms with Crippen LogP contribution in [-0.2, 0) is 29.0 Å². The largest absolute Gasteiger partial charge is 1.00 e. The first-order valence-corrected chi connectivity index (χ1v) is 5.32. The molecule has 0 spiro atoms. The molecule has 2 heterocycles. The standard InChI is InChI=1S/C12H10N2O3.Li/c15-9-3-7-1-2-13-12-11(7)8(4-9)5-14(12)6-10(16)17;/h1-2,5H,3-4,6H2,(H,16,17);/q;+1/p-1. The second-order valence-electron chi connectivity index (χ2n) is 4.22. The first kappa shape index (κ1) is 12.9. The van der Waals surface area contributed by atoms with Crippen LogP contribution in [0.1, 0.15) is 11.1 Å². The number of ketones is 1. The molecule has 0 aliphatic heterocycles. The molecule has 2 aromatic heterocycles. The van der Waals surface area contributed by atoms with E-state index in [4.69, 9.17) is 0 Å². The van der Waals surface area contributed by atoms with Gasteiger partial charge < -0.3 is 14.5 Å². The summed E-state index contributed by atoms with van der Waals surface area (Å²) in [5.74, 6) is -1.01. The van der Waals surface area contributed by atoms with E-state index >= 15 is 0 Å². The Labute approximate surface area is 115 Å². The third kappa shape index (κ3) is 1.96. The molecule has 0 amide bonds. The Morgan fingerprint density at radius 1 is 1.39 bits per heavy atom. The monoisotopic (exact) mass is 236 g/mol. The third-order valence-electron chi connectivity index (χ3n) is 3.00. The van der Waals surface area contributed by atoms with Gasteiger partial charge in [-0.25, -0.2) is 4.98 Å². The molecule has 2 aromatic rings. The van der Waals surface area contributed by atoms with Gasteiger partial charge in [0.05, 0.1) is 12.5 Å². The maximum atomic E-state index is 11.5. The summed E-state index contributed by atoms with van der Waals surface area (Å²) >= 11 is 0. The van der Waals surface area contributed by atoms with E-state index in [1.807, 2.05) is 6.07 Å². The number of nitrogens with zero attached hydrogens (tertiary/aromatic N) is 2. The van der Waals surface area contributed by atoms with E-state index in [-0.39, 0.29) is 31.2 Å². The number of hydrogen-bond donors (Lipinski definition) is 0. The molecular weight excluding hydrogens is 227 g/mol. The molecule has 0 bridgehead atoms. The van der Waals surface area contributed by atoms with Crippen LogP contribution in [0.2, 0.25) is 0 Å². The molecule has 1 aliphatic carbocycles. The van der Waals surface area contributed by atoms with Crippen molar-refractivity contribution in [1.82, 2.24) is 9.55 Å². The van der Waals surface area contributed by atoms with Gasteiger partial charge in [-0.2, -0.15) is 0 Å². The maximum absolute atomic E-state index is 11.5. The predicted molar refractivity (Wildman–Crippen MR) is 57.2 cm³/mol. The van der Waals surface area contributed by atoms with Crippen LogP contribution in [0.15, 0.2) is 18.5 Å². The van der Waals surface area contributed by atoms with Gasteiger partial charge in [-0.15, -0.1) is 0 Å². The summed E-state index contributed by atoms with van der Waals surface area (Å²) < 4.78 is 1.53. The van der Waals surface area contributed by atoms with E-state index in [1.165, 1.54) is 4.57 Å². The number of carboxylic acids is 1. The van der Waals surface area contributed by atoms with Gasteiger partial charge in [0.1, 0.15) is 11.4 Å². The SMILES string of the molecule is O=C([O-])Cn1cc2c3c(ccnc31)CC(=O)C2.[Li+]. The molecule has 5 nitrogen and oxygen atoms in total. The summed E-state index contributed by atoms with van der Waals surface area (Å²) in [6.07, 6.45) is 4.05. The van der Waals surface area contributed by atoms with Crippen molar-refractivity contribution in [3.05, 3.63) is 29.6 Å². The molecule has 1 aliphatic rings. The van der Waals surface area contributed by atoms with Crippen LogP contribution in [0.4, 0.5) is 0 Å². The molecule has 86 valence electrons. The van der Waals surface area contributed by atoms with Crippen LogP contribution in [-0.4, -0.2) is 21.3 Å². The van der Waals surface area contributed by atoms with Gasteiger partial charge in [0.15, 0.2) is 0 Å². The molecule has 0 N–H and O–H groups in total. The summed E-state index contributed by atoms with van der Waals surface area (Å²) in [6.45, 7) is -0.235. The Morgan fingerprint density at radius 3 is 2.83 bits per heavy atom. The van der Waals surface area contributed by atoms with Crippen LogP contribution in [0.3, 0.4) is 0 Å². The molecule has 3 rings (SSSR count). The molecule has 18 heavy (non-hydrogen) atoms. The fourth-order valence-electron chi connectivity index (χ4n) is 2.40. The normalized spacial score (nSPS) is 13.4. The van der Waals surface area contributed by atoms with Crippen molar-refractivity contribution in [2.45, 2.75) is 19.4 Å². The molecule has 0 saturated carbocycles. The van der Waals surface area contributed by atoms with E-state index < -0.39 is 5.97 Å². The minimum Gasteiger partial charge on any atom is -0.548 e. The Hall–Kier alpha value is -1.57. The minimum absolute atomic E-state index is 0. The van der Waals surface area contributed by atoms with E-state index in [1.54, 1.807) is 12.4 Å². The smallest absolute Gasteiger partial charge is 0.548 e. The van der Waals surface area contributed by atoms with E-state index in [0.29, 0.717) is 18.5 Å². The number of aromatic nitrogens is 2. The number of hydrogen-bond acceptors (Lipinski definition) is 4. The van der Waals surface area contributed by atoms with Gasteiger partial charge in [0.25, 0.3) is 0 Å². The van der Waals surface area contributed by atoms with Gasteiger partial charge in [-0.3, -0.25) is 4.79 Å². The van der Waals surface area contributed by atoms with E-state index in [9.17, 15) is 14.7 Å². The van der Waals surface area contributed by atoms with Crippen LogP contribution in [0, 0.1) is 0 Å². The molecule has 0 saturated heterocycles. The Kier molecular flexibility index (Phi) is 3.29. The predicted octanol–water partition coefficient (Wildman–Crippen LogP) is -3.54. The fourth-order valence-corrected chi connectivity index (χ4v) is 2.40. The number of rotatable bonds is 2. The fraction of sp³-hybridized carbons (Fsp3) is 0.250. The zero-order chi connectivity index (χ0) is 12.0. The van der Waals surface area contributed by atoms with Crippen molar-refractivity contribution in [1.29, 1.82) is 0 Å². The van der Waals surface area contributed by atoms with Crippen LogP contribution >= 0.6 is 0 Å². The van der Waals surface area contributed by atoms with E-state index in [0.717, 1.165) is 16.5 Å². The molecule has 0 atom stereocenters. The number of carbonyl (C=O) groups excluding carboxylic acids is 2. The van der Waals surface area contributed by atoms with Gasteiger partial charge in [0, 0.05) is 30.6 Å². The van der Waals surface area contributed by atoms with Crippen LogP contribution in [0.25, 0.3) is 11.0 Å². The second-order valence-corrected chi connectivity index (χ2v) is 4.22. The van der Waals surface area contributed by atoms with Gasteiger partial charge >= 0.3 is 18.9 Å². The van der Waals surface area contributed by atoms with Crippen LogP contribution in [0.5, 0.6) is 0 Å². The zero-order valence-corrected chi connectivity index (χ0v) is 9.97. The Bertz CT molecular complexity index is 648. The van der Waals surface area contributed by atoms with Gasteiger partial charge in [-0.05, 0) is 17.2 Å². The summed E-state index contributed by atoms with van der Waals surface area (Å²) in [4.78, 5) is 26.4. The number of carbonyl (C=O) groups is 2. The minimum atomic E-state index is -1.16. The Morgan fingerprint density at radius 2 is 2.11 bits per heavy atom. The van der Waals surface area contributed by atoms with Crippen molar-refractivity contribution >= 4 is 22.8 Å². The first-order valence-electron chi connectivity index (χ1n) is 5.32. The molecule has 0 unspecified atom stereocenters. The van der Waals surface area contributed by atoms with E-state index in [2.05, 4.69) is 4.98 Å². The summed E-state index contributed by atoms with van der Waals surface area (Å²) in [5.41, 5.74) is 2.41. The number of Topliss-reactive ketones (excluding diaryl/α,β-unsaturated/α-hetero) is 1. The first-order chi connectivity index (χ1) is 8.15. The summed E-state index contributed by atoms with van der Waals surface area (Å²) in [6, 6.07) is 1.81. The van der Waals surface area contributed by atoms with Crippen molar-refractivity contribution in [2.75, 3.05) is 0 Å². The topological polar surface area (TPSA) is 75.0 Å². The summed E-state index contributed by atoms with van der Waals surface area (Å²) in [5, 5.41) is 11.6. The molecule has 0 radical (unpaired) electrons.